The molecule has 1 aliphatic carbocycles. The largest absolute Gasteiger partial charge is 0.495 e. The predicted octanol–water partition coefficient (Wildman–Crippen LogP) is 1.90. The summed E-state index contributed by atoms with van der Waals surface area (Å²) in [7, 11) is -2.19. The lowest BCUT2D eigenvalue weighted by atomic mass is 9.93. The fourth-order valence-electron chi connectivity index (χ4n) is 2.38. The molecule has 0 bridgehead atoms. The minimum absolute atomic E-state index is 0.0693. The van der Waals surface area contributed by atoms with Crippen LogP contribution in [0.25, 0.3) is 0 Å². The third-order valence-electron chi connectivity index (χ3n) is 3.51. The number of hydrogen-bond donors (Lipinski definition) is 2. The average Bonchev–Trinajstić information content (AvgIpc) is 2.40. The Balaban J connectivity index is 2.18. The van der Waals surface area contributed by atoms with Crippen LogP contribution in [0.4, 0.5) is 0 Å². The lowest BCUT2D eigenvalue weighted by Gasteiger charge is -2.26. The molecule has 1 saturated carbocycles. The number of halogens is 1. The van der Waals surface area contributed by atoms with Crippen LogP contribution < -0.4 is 15.2 Å². The molecule has 0 saturated heterocycles. The van der Waals surface area contributed by atoms with Crippen LogP contribution in [0.3, 0.4) is 0 Å². The van der Waals surface area contributed by atoms with E-state index in [4.69, 9.17) is 22.1 Å². The second-order valence-corrected chi connectivity index (χ2v) is 7.15. The zero-order valence-corrected chi connectivity index (χ0v) is 12.9. The molecule has 1 aliphatic rings. The zero-order chi connectivity index (χ0) is 14.8. The molecular formula is C13H19ClN2O3S. The Labute approximate surface area is 124 Å². The van der Waals surface area contributed by atoms with Crippen LogP contribution >= 0.6 is 11.6 Å². The summed E-state index contributed by atoms with van der Waals surface area (Å²) in [6.45, 7) is 0. The second kappa shape index (κ2) is 6.30. The van der Waals surface area contributed by atoms with E-state index in [2.05, 4.69) is 4.72 Å². The average molecular weight is 319 g/mol. The van der Waals surface area contributed by atoms with Gasteiger partial charge in [-0.3, -0.25) is 0 Å². The molecule has 2 rings (SSSR count). The summed E-state index contributed by atoms with van der Waals surface area (Å²) in [6, 6.07) is 4.60. The molecule has 0 aromatic heterocycles. The van der Waals surface area contributed by atoms with Crippen molar-refractivity contribution in [2.75, 3.05) is 7.11 Å². The van der Waals surface area contributed by atoms with Gasteiger partial charge in [0, 0.05) is 23.2 Å². The quantitative estimate of drug-likeness (QED) is 0.888. The van der Waals surface area contributed by atoms with E-state index in [1.165, 1.54) is 25.3 Å². The van der Waals surface area contributed by atoms with E-state index >= 15 is 0 Å². The van der Waals surface area contributed by atoms with Gasteiger partial charge in [0.15, 0.2) is 0 Å². The van der Waals surface area contributed by atoms with Crippen LogP contribution in [0.15, 0.2) is 23.1 Å². The van der Waals surface area contributed by atoms with E-state index < -0.39 is 10.0 Å². The summed E-state index contributed by atoms with van der Waals surface area (Å²) in [5.41, 5.74) is 5.82. The summed E-state index contributed by atoms with van der Waals surface area (Å²) in [5.74, 6) is 0.248. The van der Waals surface area contributed by atoms with Gasteiger partial charge in [-0.2, -0.15) is 0 Å². The van der Waals surface area contributed by atoms with Gasteiger partial charge in [0.2, 0.25) is 10.0 Å². The molecule has 5 nitrogen and oxygen atoms in total. The Morgan fingerprint density at radius 2 is 1.95 bits per heavy atom. The Hall–Kier alpha value is -0.820. The maximum Gasteiger partial charge on any atom is 0.244 e. The Bertz CT molecular complexity index is 569. The zero-order valence-electron chi connectivity index (χ0n) is 11.3. The van der Waals surface area contributed by atoms with Gasteiger partial charge in [-0.25, -0.2) is 13.1 Å². The number of hydrogen-bond acceptors (Lipinski definition) is 4. The smallest absolute Gasteiger partial charge is 0.244 e. The molecule has 112 valence electrons. The van der Waals surface area contributed by atoms with Crippen LogP contribution in [0.5, 0.6) is 5.75 Å². The van der Waals surface area contributed by atoms with Crippen LogP contribution in [-0.4, -0.2) is 27.6 Å². The first kappa shape index (κ1) is 15.6. The lowest BCUT2D eigenvalue weighted by molar-refractivity contribution is 0.371. The van der Waals surface area contributed by atoms with Gasteiger partial charge in [0.05, 0.1) is 7.11 Å². The molecule has 0 amide bonds. The molecule has 3 N–H and O–H groups in total. The predicted molar refractivity (Wildman–Crippen MR) is 78.6 cm³/mol. The number of benzene rings is 1. The third kappa shape index (κ3) is 3.63. The molecule has 20 heavy (non-hydrogen) atoms. The van der Waals surface area contributed by atoms with Gasteiger partial charge < -0.3 is 10.5 Å². The van der Waals surface area contributed by atoms with E-state index in [9.17, 15) is 8.42 Å². The molecule has 0 spiro atoms. The highest BCUT2D eigenvalue weighted by molar-refractivity contribution is 7.89. The van der Waals surface area contributed by atoms with E-state index in [-0.39, 0.29) is 22.7 Å². The van der Waals surface area contributed by atoms with Crippen molar-refractivity contribution in [2.24, 2.45) is 5.73 Å². The van der Waals surface area contributed by atoms with Crippen LogP contribution in [0.1, 0.15) is 25.7 Å². The molecule has 0 unspecified atom stereocenters. The van der Waals surface area contributed by atoms with Crippen LogP contribution in [-0.2, 0) is 10.0 Å². The fraction of sp³-hybridized carbons (Fsp3) is 0.538. The van der Waals surface area contributed by atoms with Gasteiger partial charge in [0.25, 0.3) is 0 Å². The third-order valence-corrected chi connectivity index (χ3v) is 5.30. The SMILES string of the molecule is COc1cc(Cl)ccc1S(=O)(=O)NC1CCC(N)CC1. The van der Waals surface area contributed by atoms with Gasteiger partial charge >= 0.3 is 0 Å². The summed E-state index contributed by atoms with van der Waals surface area (Å²) in [4.78, 5) is 0.110. The molecule has 0 heterocycles. The van der Waals surface area contributed by atoms with Crippen molar-refractivity contribution in [3.63, 3.8) is 0 Å². The first-order valence-corrected chi connectivity index (χ1v) is 8.40. The Morgan fingerprint density at radius 1 is 1.30 bits per heavy atom. The molecule has 0 atom stereocenters. The first-order chi connectivity index (χ1) is 9.42. The van der Waals surface area contributed by atoms with Crippen molar-refractivity contribution in [1.29, 1.82) is 0 Å². The molecule has 1 aromatic carbocycles. The maximum absolute atomic E-state index is 12.4. The summed E-state index contributed by atoms with van der Waals surface area (Å²) in [5, 5.41) is 0.435. The van der Waals surface area contributed by atoms with Crippen LogP contribution in [0.2, 0.25) is 5.02 Å². The van der Waals surface area contributed by atoms with Gasteiger partial charge in [0.1, 0.15) is 10.6 Å². The second-order valence-electron chi connectivity index (χ2n) is 5.03. The molecule has 7 heteroatoms. The molecule has 1 aromatic rings. The van der Waals surface area contributed by atoms with E-state index in [1.54, 1.807) is 0 Å². The number of methoxy groups -OCH3 is 1. The Kier molecular flexibility index (Phi) is 4.90. The number of nitrogens with one attached hydrogen (secondary N) is 1. The lowest BCUT2D eigenvalue weighted by Crippen LogP contribution is -2.40. The first-order valence-electron chi connectivity index (χ1n) is 6.54. The molecule has 0 aliphatic heterocycles. The number of sulfonamides is 1. The van der Waals surface area contributed by atoms with E-state index in [0.717, 1.165) is 25.7 Å². The summed E-state index contributed by atoms with van der Waals surface area (Å²) >= 11 is 5.84. The van der Waals surface area contributed by atoms with E-state index in [0.29, 0.717) is 5.02 Å². The summed E-state index contributed by atoms with van der Waals surface area (Å²) in [6.07, 6.45) is 3.20. The van der Waals surface area contributed by atoms with Crippen molar-refractivity contribution in [1.82, 2.24) is 4.72 Å². The number of ether oxygens (including phenoxy) is 1. The van der Waals surface area contributed by atoms with Gasteiger partial charge in [-0.05, 0) is 37.8 Å². The van der Waals surface area contributed by atoms with Crippen molar-refractivity contribution < 1.29 is 13.2 Å². The standard InChI is InChI=1S/C13H19ClN2O3S/c1-19-12-8-9(14)2-7-13(12)20(17,18)16-11-5-3-10(15)4-6-11/h2,7-8,10-11,16H,3-6,15H2,1H3. The highest BCUT2D eigenvalue weighted by Gasteiger charge is 2.26. The number of nitrogens with two attached hydrogens (primary N) is 1. The minimum atomic E-state index is -3.61. The summed E-state index contributed by atoms with van der Waals surface area (Å²) < 4.78 is 32.6. The topological polar surface area (TPSA) is 81.4 Å². The molecule has 0 radical (unpaired) electrons. The van der Waals surface area contributed by atoms with E-state index in [1.807, 2.05) is 0 Å². The molecule has 1 fully saturated rings. The highest BCUT2D eigenvalue weighted by atomic mass is 35.5. The normalized spacial score (nSPS) is 23.6. The van der Waals surface area contributed by atoms with Crippen LogP contribution in [0, 0.1) is 0 Å². The van der Waals surface area contributed by atoms with Gasteiger partial charge in [-0.1, -0.05) is 11.6 Å². The van der Waals surface area contributed by atoms with Crippen molar-refractivity contribution in [3.8, 4) is 5.75 Å². The number of rotatable bonds is 4. The van der Waals surface area contributed by atoms with Crippen molar-refractivity contribution in [3.05, 3.63) is 23.2 Å². The van der Waals surface area contributed by atoms with Crippen molar-refractivity contribution in [2.45, 2.75) is 42.7 Å². The minimum Gasteiger partial charge on any atom is -0.495 e. The monoisotopic (exact) mass is 318 g/mol. The highest BCUT2D eigenvalue weighted by Crippen LogP contribution is 2.28. The molecular weight excluding hydrogens is 300 g/mol. The van der Waals surface area contributed by atoms with Crippen molar-refractivity contribution >= 4 is 21.6 Å². The van der Waals surface area contributed by atoms with Gasteiger partial charge in [-0.15, -0.1) is 0 Å². The fourth-order valence-corrected chi connectivity index (χ4v) is 4.00. The Morgan fingerprint density at radius 3 is 2.55 bits per heavy atom. The maximum atomic E-state index is 12.4.